The van der Waals surface area contributed by atoms with Crippen molar-refractivity contribution in [3.05, 3.63) is 93.4 Å². The van der Waals surface area contributed by atoms with Crippen LogP contribution in [-0.2, 0) is 6.54 Å². The molecule has 0 amide bonds. The molecule has 110 valence electrons. The van der Waals surface area contributed by atoms with Crippen LogP contribution in [-0.4, -0.2) is 10.5 Å². The molecule has 2 aromatic carbocycles. The molecule has 0 saturated heterocycles. The molecule has 0 fully saturated rings. The fraction of sp³-hybridized carbons (Fsp3) is 0.0588. The lowest BCUT2D eigenvalue weighted by Crippen LogP contribution is -2.38. The van der Waals surface area contributed by atoms with Crippen LogP contribution < -0.4 is 4.85 Å². The molecule has 0 aliphatic heterocycles. The van der Waals surface area contributed by atoms with E-state index in [4.69, 9.17) is 0 Å². The lowest BCUT2D eigenvalue weighted by molar-refractivity contribution is -0.693. The number of nitrogens with zero attached hydrogens (tertiary/aromatic N) is 2. The topological polar surface area (TPSA) is 48.9 Å². The van der Waals surface area contributed by atoms with Crippen molar-refractivity contribution < 1.29 is 9.64 Å². The molecule has 5 heteroatoms. The molecule has 1 aromatic heterocycles. The van der Waals surface area contributed by atoms with Gasteiger partial charge in [-0.15, -0.1) is 4.68 Å². The van der Waals surface area contributed by atoms with E-state index >= 15 is 0 Å². The van der Waals surface area contributed by atoms with Crippen LogP contribution in [0.3, 0.4) is 0 Å². The zero-order valence-corrected chi connectivity index (χ0v) is 13.2. The van der Waals surface area contributed by atoms with Crippen LogP contribution in [0.25, 0.3) is 0 Å². The Labute approximate surface area is 136 Å². The van der Waals surface area contributed by atoms with Crippen LogP contribution in [0.5, 0.6) is 0 Å². The summed E-state index contributed by atoms with van der Waals surface area (Å²) in [5.41, 5.74) is 1.86. The van der Waals surface area contributed by atoms with Crippen molar-refractivity contribution in [2.75, 3.05) is 0 Å². The number of hydrogen-bond donors (Lipinski definition) is 0. The van der Waals surface area contributed by atoms with Crippen LogP contribution in [0.4, 0.5) is 0 Å². The molecule has 0 aliphatic rings. The third-order valence-corrected chi connectivity index (χ3v) is 3.95. The molecule has 0 atom stereocenters. The van der Waals surface area contributed by atoms with E-state index in [1.165, 1.54) is 10.9 Å². The zero-order chi connectivity index (χ0) is 15.5. The summed E-state index contributed by atoms with van der Waals surface area (Å²) in [6, 6.07) is 18.5. The molecule has 0 radical (unpaired) electrons. The average molecular weight is 357 g/mol. The van der Waals surface area contributed by atoms with E-state index in [2.05, 4.69) is 15.9 Å². The SMILES string of the molecule is O=C(c1ccccc1)c1c(Br)c[n+]([O-])n1Cc1ccccc1. The highest BCUT2D eigenvalue weighted by Gasteiger charge is 2.24. The van der Waals surface area contributed by atoms with Crippen molar-refractivity contribution in [1.82, 2.24) is 4.68 Å². The van der Waals surface area contributed by atoms with Gasteiger partial charge in [0.25, 0.3) is 0 Å². The van der Waals surface area contributed by atoms with Gasteiger partial charge in [0.2, 0.25) is 12.0 Å². The van der Waals surface area contributed by atoms with Crippen molar-refractivity contribution in [1.29, 1.82) is 0 Å². The predicted octanol–water partition coefficient (Wildman–Crippen LogP) is 3.16. The predicted molar refractivity (Wildman–Crippen MR) is 86.5 cm³/mol. The molecule has 0 N–H and O–H groups in total. The first-order valence-corrected chi connectivity index (χ1v) is 7.58. The van der Waals surface area contributed by atoms with Gasteiger partial charge in [-0.2, -0.15) is 0 Å². The van der Waals surface area contributed by atoms with E-state index in [0.717, 1.165) is 5.56 Å². The Morgan fingerprint density at radius 1 is 1.05 bits per heavy atom. The summed E-state index contributed by atoms with van der Waals surface area (Å²) in [6.07, 6.45) is 1.36. The van der Waals surface area contributed by atoms with Gasteiger partial charge in [0.15, 0.2) is 5.69 Å². The van der Waals surface area contributed by atoms with Gasteiger partial charge < -0.3 is 5.21 Å². The van der Waals surface area contributed by atoms with Gasteiger partial charge in [0.1, 0.15) is 11.0 Å². The van der Waals surface area contributed by atoms with Crippen LogP contribution in [0.1, 0.15) is 21.6 Å². The van der Waals surface area contributed by atoms with Crippen molar-refractivity contribution in [3.8, 4) is 0 Å². The summed E-state index contributed by atoms with van der Waals surface area (Å²) < 4.78 is 1.92. The largest absolute Gasteiger partial charge is 0.596 e. The summed E-state index contributed by atoms with van der Waals surface area (Å²) in [7, 11) is 0. The average Bonchev–Trinajstić information content (AvgIpc) is 2.82. The monoisotopic (exact) mass is 356 g/mol. The normalized spacial score (nSPS) is 10.6. The number of halogens is 1. The Morgan fingerprint density at radius 2 is 1.64 bits per heavy atom. The van der Waals surface area contributed by atoms with E-state index in [1.807, 2.05) is 36.4 Å². The minimum atomic E-state index is -0.182. The minimum Gasteiger partial charge on any atom is -0.596 e. The molecule has 4 nitrogen and oxygen atoms in total. The first-order valence-electron chi connectivity index (χ1n) is 6.79. The summed E-state index contributed by atoms with van der Waals surface area (Å²) in [5.74, 6) is -0.182. The van der Waals surface area contributed by atoms with E-state index in [1.54, 1.807) is 24.3 Å². The highest BCUT2D eigenvalue weighted by molar-refractivity contribution is 9.10. The van der Waals surface area contributed by atoms with Gasteiger partial charge in [0, 0.05) is 5.56 Å². The second-order valence-electron chi connectivity index (χ2n) is 4.87. The Hall–Kier alpha value is -2.40. The number of hydrogen-bond acceptors (Lipinski definition) is 2. The van der Waals surface area contributed by atoms with E-state index < -0.39 is 0 Å². The molecule has 3 rings (SSSR count). The van der Waals surface area contributed by atoms with Gasteiger partial charge in [0.05, 0.1) is 0 Å². The van der Waals surface area contributed by atoms with Gasteiger partial charge in [-0.25, -0.2) is 0 Å². The lowest BCUT2D eigenvalue weighted by Gasteiger charge is -2.07. The Morgan fingerprint density at radius 3 is 2.27 bits per heavy atom. The number of ketones is 1. The van der Waals surface area contributed by atoms with Crippen LogP contribution in [0, 0.1) is 5.21 Å². The molecule has 0 saturated carbocycles. The molecule has 3 aromatic rings. The third-order valence-electron chi connectivity index (χ3n) is 3.37. The molecule has 0 spiro atoms. The van der Waals surface area contributed by atoms with Gasteiger partial charge in [-0.3, -0.25) is 4.79 Å². The molecule has 1 heterocycles. The number of aromatic nitrogens is 2. The number of benzene rings is 2. The molecule has 22 heavy (non-hydrogen) atoms. The Kier molecular flexibility index (Phi) is 4.06. The smallest absolute Gasteiger partial charge is 0.224 e. The molecule has 0 unspecified atom stereocenters. The van der Waals surface area contributed by atoms with Crippen molar-refractivity contribution in [3.63, 3.8) is 0 Å². The van der Waals surface area contributed by atoms with Crippen LogP contribution in [0.15, 0.2) is 71.3 Å². The minimum absolute atomic E-state index is 0.182. The molecular formula is C17H13BrN2O2. The summed E-state index contributed by atoms with van der Waals surface area (Å²) in [4.78, 5) is 13.4. The van der Waals surface area contributed by atoms with Crippen LogP contribution >= 0.6 is 15.9 Å². The van der Waals surface area contributed by atoms with E-state index in [9.17, 15) is 10.0 Å². The number of rotatable bonds is 4. The maximum Gasteiger partial charge on any atom is 0.224 e. The first-order chi connectivity index (χ1) is 10.7. The second-order valence-corrected chi connectivity index (χ2v) is 5.72. The highest BCUT2D eigenvalue weighted by atomic mass is 79.9. The highest BCUT2D eigenvalue weighted by Crippen LogP contribution is 2.20. The van der Waals surface area contributed by atoms with Gasteiger partial charge in [-0.1, -0.05) is 65.5 Å². The Balaban J connectivity index is 2.03. The van der Waals surface area contributed by atoms with Crippen molar-refractivity contribution in [2.24, 2.45) is 0 Å². The van der Waals surface area contributed by atoms with Crippen LogP contribution in [0.2, 0.25) is 0 Å². The Bertz CT molecular complexity index is 798. The third kappa shape index (κ3) is 2.80. The van der Waals surface area contributed by atoms with E-state index in [0.29, 0.717) is 27.1 Å². The van der Waals surface area contributed by atoms with E-state index in [-0.39, 0.29) is 5.78 Å². The van der Waals surface area contributed by atoms with Gasteiger partial charge in [-0.05, 0) is 21.5 Å². The first kappa shape index (κ1) is 14.5. The second kappa shape index (κ2) is 6.15. The quantitative estimate of drug-likeness (QED) is 0.409. The standard InChI is InChI=1S/C17H13BrN2O2/c18-15-12-20(22)19(11-13-7-3-1-4-8-13)16(15)17(21)14-9-5-2-6-10-14/h1-10,12H,11H2. The molecule has 0 bridgehead atoms. The number of carbonyl (C=O) groups is 1. The number of carbonyl (C=O) groups excluding carboxylic acids is 1. The maximum absolute atomic E-state index is 12.7. The summed E-state index contributed by atoms with van der Waals surface area (Å²) in [6.45, 7) is 0.337. The van der Waals surface area contributed by atoms with Gasteiger partial charge >= 0.3 is 0 Å². The summed E-state index contributed by atoms with van der Waals surface area (Å²) in [5, 5.41) is 12.1. The fourth-order valence-electron chi connectivity index (χ4n) is 2.31. The maximum atomic E-state index is 12.7. The molecular weight excluding hydrogens is 344 g/mol. The van der Waals surface area contributed by atoms with Crippen molar-refractivity contribution >= 4 is 21.7 Å². The lowest BCUT2D eigenvalue weighted by atomic mass is 10.1. The van der Waals surface area contributed by atoms with Crippen molar-refractivity contribution in [2.45, 2.75) is 6.54 Å². The zero-order valence-electron chi connectivity index (χ0n) is 11.6. The molecule has 0 aliphatic carbocycles. The fourth-order valence-corrected chi connectivity index (χ4v) is 2.87. The summed E-state index contributed by atoms with van der Waals surface area (Å²) >= 11 is 3.32.